The smallest absolute Gasteiger partial charge is 0.241 e. The van der Waals surface area contributed by atoms with E-state index in [0.717, 1.165) is 21.7 Å². The second-order valence-electron chi connectivity index (χ2n) is 6.14. The first-order valence-corrected chi connectivity index (χ1v) is 10.0. The average molecular weight is 376 g/mol. The van der Waals surface area contributed by atoms with Crippen molar-refractivity contribution in [1.82, 2.24) is 5.32 Å². The molecule has 0 aliphatic carbocycles. The van der Waals surface area contributed by atoms with Gasteiger partial charge in [-0.1, -0.05) is 36.4 Å². The molecule has 0 spiro atoms. The summed E-state index contributed by atoms with van der Waals surface area (Å²) in [5.74, 6) is 0.000250. The molecule has 1 amide bonds. The first kappa shape index (κ1) is 19.8. The van der Waals surface area contributed by atoms with Crippen molar-refractivity contribution in [2.45, 2.75) is 19.9 Å². The second-order valence-corrected chi connectivity index (χ2v) is 8.05. The van der Waals surface area contributed by atoms with Crippen molar-refractivity contribution in [3.05, 3.63) is 59.7 Å². The summed E-state index contributed by atoms with van der Waals surface area (Å²) in [6.07, 6.45) is 1.07. The van der Waals surface area contributed by atoms with Crippen molar-refractivity contribution in [2.75, 3.05) is 24.2 Å². The lowest BCUT2D eigenvalue weighted by atomic mass is 10.1. The van der Waals surface area contributed by atoms with Crippen molar-refractivity contribution in [1.29, 1.82) is 0 Å². The van der Waals surface area contributed by atoms with Gasteiger partial charge >= 0.3 is 0 Å². The molecule has 1 N–H and O–H groups in total. The van der Waals surface area contributed by atoms with E-state index in [-0.39, 0.29) is 12.6 Å². The molecule has 0 aliphatic rings. The molecular weight excluding hydrogens is 352 g/mol. The number of methoxy groups -OCH3 is 1. The van der Waals surface area contributed by atoms with Gasteiger partial charge in [0.25, 0.3) is 0 Å². The molecule has 0 aliphatic heterocycles. The molecule has 0 saturated heterocycles. The third-order valence-corrected chi connectivity index (χ3v) is 5.09. The van der Waals surface area contributed by atoms with Crippen LogP contribution in [0, 0.1) is 6.92 Å². The first-order valence-electron chi connectivity index (χ1n) is 8.19. The number of aryl methyl sites for hydroxylation is 1. The zero-order chi connectivity index (χ0) is 19.3. The lowest BCUT2D eigenvalue weighted by molar-refractivity contribution is -0.120. The molecular formula is C19H24N2O4S. The third kappa shape index (κ3) is 4.98. The Labute approximate surface area is 154 Å². The van der Waals surface area contributed by atoms with E-state index in [4.69, 9.17) is 4.74 Å². The summed E-state index contributed by atoms with van der Waals surface area (Å²) in [6.45, 7) is 3.38. The number of carbonyl (C=O) groups is 1. The van der Waals surface area contributed by atoms with Crippen molar-refractivity contribution in [2.24, 2.45) is 0 Å². The van der Waals surface area contributed by atoms with Crippen LogP contribution in [0.2, 0.25) is 0 Å². The summed E-state index contributed by atoms with van der Waals surface area (Å²) in [5.41, 5.74) is 2.16. The van der Waals surface area contributed by atoms with E-state index in [2.05, 4.69) is 5.32 Å². The van der Waals surface area contributed by atoms with Crippen LogP contribution in [0.3, 0.4) is 0 Å². The standard InChI is InChI=1S/C19H24N2O4S/c1-14-10-11-18(25-3)17(12-14)21(26(4,23)24)13-19(22)20-15(2)16-8-6-5-7-9-16/h5-12,15H,13H2,1-4H3,(H,20,22)/t15-/m1/s1. The minimum atomic E-state index is -3.67. The van der Waals surface area contributed by atoms with Gasteiger partial charge in [-0.05, 0) is 37.1 Å². The number of sulfonamides is 1. The molecule has 2 aromatic carbocycles. The summed E-state index contributed by atoms with van der Waals surface area (Å²) in [5, 5.41) is 2.83. The minimum absolute atomic E-state index is 0.232. The lowest BCUT2D eigenvalue weighted by Gasteiger charge is -2.25. The van der Waals surface area contributed by atoms with E-state index in [1.54, 1.807) is 12.1 Å². The predicted octanol–water partition coefficient (Wildman–Crippen LogP) is 2.65. The van der Waals surface area contributed by atoms with Crippen molar-refractivity contribution < 1.29 is 17.9 Å². The van der Waals surface area contributed by atoms with Crippen molar-refractivity contribution in [3.8, 4) is 5.75 Å². The molecule has 0 fully saturated rings. The van der Waals surface area contributed by atoms with E-state index in [9.17, 15) is 13.2 Å². The van der Waals surface area contributed by atoms with E-state index in [1.807, 2.05) is 50.2 Å². The van der Waals surface area contributed by atoms with E-state index >= 15 is 0 Å². The Morgan fingerprint density at radius 2 is 1.85 bits per heavy atom. The van der Waals surface area contributed by atoms with Gasteiger partial charge < -0.3 is 10.1 Å². The Bertz CT molecular complexity index is 866. The highest BCUT2D eigenvalue weighted by Crippen LogP contribution is 2.30. The number of nitrogens with one attached hydrogen (secondary N) is 1. The maximum atomic E-state index is 12.5. The van der Waals surface area contributed by atoms with E-state index < -0.39 is 15.9 Å². The molecule has 1 atom stereocenters. The highest BCUT2D eigenvalue weighted by atomic mass is 32.2. The summed E-state index contributed by atoms with van der Waals surface area (Å²) >= 11 is 0. The normalized spacial score (nSPS) is 12.3. The van der Waals surface area contributed by atoms with Crippen LogP contribution in [0.5, 0.6) is 5.75 Å². The number of nitrogens with zero attached hydrogens (tertiary/aromatic N) is 1. The highest BCUT2D eigenvalue weighted by molar-refractivity contribution is 7.92. The van der Waals surface area contributed by atoms with E-state index in [0.29, 0.717) is 11.4 Å². The van der Waals surface area contributed by atoms with Gasteiger partial charge in [-0.2, -0.15) is 0 Å². The van der Waals surface area contributed by atoms with Gasteiger partial charge in [-0.15, -0.1) is 0 Å². The molecule has 2 aromatic rings. The highest BCUT2D eigenvalue weighted by Gasteiger charge is 2.24. The number of rotatable bonds is 7. The van der Waals surface area contributed by atoms with Crippen molar-refractivity contribution in [3.63, 3.8) is 0 Å². The van der Waals surface area contributed by atoms with Crippen LogP contribution in [0.4, 0.5) is 5.69 Å². The van der Waals surface area contributed by atoms with Gasteiger partial charge in [0, 0.05) is 0 Å². The fourth-order valence-electron chi connectivity index (χ4n) is 2.62. The van der Waals surface area contributed by atoms with Crippen molar-refractivity contribution >= 4 is 21.6 Å². The Morgan fingerprint density at radius 1 is 1.19 bits per heavy atom. The number of hydrogen-bond donors (Lipinski definition) is 1. The topological polar surface area (TPSA) is 75.7 Å². The van der Waals surface area contributed by atoms with Gasteiger partial charge in [0.05, 0.1) is 25.1 Å². The van der Waals surface area contributed by atoms with Crippen LogP contribution in [-0.4, -0.2) is 34.2 Å². The molecule has 6 nitrogen and oxygen atoms in total. The van der Waals surface area contributed by atoms with Crippen LogP contribution in [0.1, 0.15) is 24.1 Å². The maximum absolute atomic E-state index is 12.5. The Kier molecular flexibility index (Phi) is 6.26. The monoisotopic (exact) mass is 376 g/mol. The fraction of sp³-hybridized carbons (Fsp3) is 0.316. The molecule has 140 valence electrons. The third-order valence-electron chi connectivity index (χ3n) is 3.97. The molecule has 0 saturated carbocycles. The van der Waals surface area contributed by atoms with Gasteiger partial charge in [-0.3, -0.25) is 9.10 Å². The van der Waals surface area contributed by atoms with Crippen LogP contribution in [0.15, 0.2) is 48.5 Å². The molecule has 0 heterocycles. The molecule has 0 radical (unpaired) electrons. The molecule has 26 heavy (non-hydrogen) atoms. The fourth-order valence-corrected chi connectivity index (χ4v) is 3.47. The molecule has 0 bridgehead atoms. The van der Waals surface area contributed by atoms with Gasteiger partial charge in [0.1, 0.15) is 12.3 Å². The van der Waals surface area contributed by atoms with Crippen LogP contribution in [0.25, 0.3) is 0 Å². The summed E-state index contributed by atoms with van der Waals surface area (Å²) < 4.78 is 30.9. The van der Waals surface area contributed by atoms with Gasteiger partial charge in [0.2, 0.25) is 15.9 Å². The predicted molar refractivity (Wildman–Crippen MR) is 103 cm³/mol. The number of carbonyl (C=O) groups excluding carboxylic acids is 1. The Morgan fingerprint density at radius 3 is 2.42 bits per heavy atom. The summed E-state index contributed by atoms with van der Waals surface area (Å²) in [7, 11) is -2.21. The SMILES string of the molecule is COc1ccc(C)cc1N(CC(=O)N[C@H](C)c1ccccc1)S(C)(=O)=O. The number of hydrogen-bond acceptors (Lipinski definition) is 4. The van der Waals surface area contributed by atoms with Crippen LogP contribution >= 0.6 is 0 Å². The van der Waals surface area contributed by atoms with Crippen LogP contribution < -0.4 is 14.4 Å². The zero-order valence-corrected chi connectivity index (χ0v) is 16.2. The average Bonchev–Trinajstić information content (AvgIpc) is 2.59. The minimum Gasteiger partial charge on any atom is -0.495 e. The zero-order valence-electron chi connectivity index (χ0n) is 15.4. The van der Waals surface area contributed by atoms with Crippen LogP contribution in [-0.2, 0) is 14.8 Å². The number of benzene rings is 2. The number of anilines is 1. The number of ether oxygens (including phenoxy) is 1. The lowest BCUT2D eigenvalue weighted by Crippen LogP contribution is -2.41. The largest absolute Gasteiger partial charge is 0.495 e. The molecule has 0 unspecified atom stereocenters. The van der Waals surface area contributed by atoms with Gasteiger partial charge in [-0.25, -0.2) is 8.42 Å². The molecule has 7 heteroatoms. The first-order chi connectivity index (χ1) is 12.2. The number of amides is 1. The Balaban J connectivity index is 2.24. The molecule has 2 rings (SSSR count). The Hall–Kier alpha value is -2.54. The summed E-state index contributed by atoms with van der Waals surface area (Å²) in [4.78, 5) is 12.5. The molecule has 0 aromatic heterocycles. The van der Waals surface area contributed by atoms with E-state index in [1.165, 1.54) is 7.11 Å². The quantitative estimate of drug-likeness (QED) is 0.806. The maximum Gasteiger partial charge on any atom is 0.241 e. The second kappa shape index (κ2) is 8.23. The summed E-state index contributed by atoms with van der Waals surface area (Å²) in [6, 6.07) is 14.4. The van der Waals surface area contributed by atoms with Gasteiger partial charge in [0.15, 0.2) is 0 Å².